The molecule has 0 aliphatic carbocycles. The van der Waals surface area contributed by atoms with Crippen molar-refractivity contribution in [2.75, 3.05) is 11.1 Å². The van der Waals surface area contributed by atoms with Crippen LogP contribution >= 0.6 is 23.2 Å². The van der Waals surface area contributed by atoms with Crippen LogP contribution in [0.3, 0.4) is 0 Å². The van der Waals surface area contributed by atoms with Crippen LogP contribution in [0.5, 0.6) is 0 Å². The zero-order chi connectivity index (χ0) is 13.4. The van der Waals surface area contributed by atoms with E-state index in [1.54, 1.807) is 30.3 Å². The zero-order valence-corrected chi connectivity index (χ0v) is 11.2. The molecular formula is C13H9Cl2N3O. The Morgan fingerprint density at radius 1 is 1.16 bits per heavy atom. The van der Waals surface area contributed by atoms with Crippen molar-refractivity contribution in [2.24, 2.45) is 0 Å². The summed E-state index contributed by atoms with van der Waals surface area (Å²) in [4.78, 5) is 4.28. The predicted octanol–water partition coefficient (Wildman–Crippen LogP) is 4.46. The molecule has 19 heavy (non-hydrogen) atoms. The Hall–Kier alpha value is -1.91. The summed E-state index contributed by atoms with van der Waals surface area (Å²) in [6, 6.07) is 10.8. The molecule has 0 aliphatic rings. The van der Waals surface area contributed by atoms with Crippen LogP contribution in [-0.4, -0.2) is 4.98 Å². The topological polar surface area (TPSA) is 64.1 Å². The van der Waals surface area contributed by atoms with Gasteiger partial charge in [0.25, 0.3) is 6.01 Å². The molecule has 2 aromatic carbocycles. The Labute approximate surface area is 119 Å². The number of nitrogens with two attached hydrogens (primary N) is 1. The molecule has 0 saturated carbocycles. The summed E-state index contributed by atoms with van der Waals surface area (Å²) in [7, 11) is 0. The number of oxazole rings is 1. The second-order valence-corrected chi connectivity index (χ2v) is 4.81. The van der Waals surface area contributed by atoms with Crippen molar-refractivity contribution in [1.29, 1.82) is 0 Å². The molecular weight excluding hydrogens is 285 g/mol. The van der Waals surface area contributed by atoms with Gasteiger partial charge in [-0.25, -0.2) is 0 Å². The number of anilines is 3. The van der Waals surface area contributed by atoms with Crippen molar-refractivity contribution in [2.45, 2.75) is 0 Å². The summed E-state index contributed by atoms with van der Waals surface area (Å²) in [6.45, 7) is 0. The molecule has 0 bridgehead atoms. The maximum absolute atomic E-state index is 6.07. The lowest BCUT2D eigenvalue weighted by Crippen LogP contribution is -1.91. The molecule has 0 fully saturated rings. The number of halogens is 2. The Bertz CT molecular complexity index is 755. The third kappa shape index (κ3) is 2.32. The van der Waals surface area contributed by atoms with E-state index in [1.807, 2.05) is 6.07 Å². The van der Waals surface area contributed by atoms with Crippen LogP contribution in [0, 0.1) is 0 Å². The highest BCUT2D eigenvalue weighted by molar-refractivity contribution is 6.36. The number of nitrogen functional groups attached to an aromatic ring is 1. The summed E-state index contributed by atoms with van der Waals surface area (Å²) in [6.07, 6.45) is 0. The summed E-state index contributed by atoms with van der Waals surface area (Å²) < 4.78 is 5.54. The molecule has 96 valence electrons. The zero-order valence-electron chi connectivity index (χ0n) is 9.65. The van der Waals surface area contributed by atoms with Gasteiger partial charge in [-0.05, 0) is 30.3 Å². The van der Waals surface area contributed by atoms with Gasteiger partial charge in [0.05, 0.1) is 16.4 Å². The number of rotatable bonds is 2. The Balaban J connectivity index is 1.99. The minimum absolute atomic E-state index is 0.331. The van der Waals surface area contributed by atoms with Gasteiger partial charge in [0.15, 0.2) is 5.58 Å². The Kier molecular flexibility index (Phi) is 2.97. The molecule has 0 aliphatic heterocycles. The Morgan fingerprint density at radius 2 is 2.00 bits per heavy atom. The average molecular weight is 294 g/mol. The van der Waals surface area contributed by atoms with E-state index in [0.717, 1.165) is 0 Å². The first-order valence-corrected chi connectivity index (χ1v) is 6.26. The van der Waals surface area contributed by atoms with Crippen molar-refractivity contribution in [3.8, 4) is 0 Å². The van der Waals surface area contributed by atoms with Crippen LogP contribution in [0.1, 0.15) is 0 Å². The van der Waals surface area contributed by atoms with Crippen molar-refractivity contribution >= 4 is 51.7 Å². The van der Waals surface area contributed by atoms with Gasteiger partial charge >= 0.3 is 0 Å². The molecule has 0 saturated heterocycles. The van der Waals surface area contributed by atoms with Gasteiger partial charge in [0, 0.05) is 5.02 Å². The molecule has 3 rings (SSSR count). The van der Waals surface area contributed by atoms with E-state index in [-0.39, 0.29) is 0 Å². The minimum Gasteiger partial charge on any atom is -0.423 e. The standard InChI is InChI=1S/C13H9Cl2N3O/c14-7-4-5-10(8(15)6-7)17-13-18-12-9(16)2-1-3-11(12)19-13/h1-6H,16H2,(H,17,18). The van der Waals surface area contributed by atoms with E-state index in [0.29, 0.717) is 38.5 Å². The number of aromatic nitrogens is 1. The summed E-state index contributed by atoms with van der Waals surface area (Å²) in [5, 5.41) is 4.05. The smallest absolute Gasteiger partial charge is 0.300 e. The summed E-state index contributed by atoms with van der Waals surface area (Å²) in [5.41, 5.74) is 8.29. The van der Waals surface area contributed by atoms with Crippen LogP contribution in [-0.2, 0) is 0 Å². The van der Waals surface area contributed by atoms with Crippen molar-refractivity contribution in [3.05, 3.63) is 46.4 Å². The van der Waals surface area contributed by atoms with E-state index >= 15 is 0 Å². The molecule has 6 heteroatoms. The fourth-order valence-electron chi connectivity index (χ4n) is 1.73. The third-order valence-corrected chi connectivity index (χ3v) is 3.17. The SMILES string of the molecule is Nc1cccc2oc(Nc3ccc(Cl)cc3Cl)nc12. The first-order valence-electron chi connectivity index (χ1n) is 5.50. The highest BCUT2D eigenvalue weighted by atomic mass is 35.5. The minimum atomic E-state index is 0.331. The molecule has 0 unspecified atom stereocenters. The van der Waals surface area contributed by atoms with E-state index in [1.165, 1.54) is 0 Å². The van der Waals surface area contributed by atoms with E-state index < -0.39 is 0 Å². The number of nitrogens with one attached hydrogen (secondary N) is 1. The van der Waals surface area contributed by atoms with Crippen LogP contribution in [0.4, 0.5) is 17.4 Å². The highest BCUT2D eigenvalue weighted by Gasteiger charge is 2.09. The van der Waals surface area contributed by atoms with Crippen LogP contribution in [0.2, 0.25) is 10.0 Å². The normalized spacial score (nSPS) is 10.8. The van der Waals surface area contributed by atoms with Gasteiger partial charge in [0.1, 0.15) is 5.52 Å². The predicted molar refractivity (Wildman–Crippen MR) is 78.2 cm³/mol. The molecule has 3 N–H and O–H groups in total. The second-order valence-electron chi connectivity index (χ2n) is 3.96. The van der Waals surface area contributed by atoms with Crippen LogP contribution in [0.15, 0.2) is 40.8 Å². The lowest BCUT2D eigenvalue weighted by molar-refractivity contribution is 0.623. The fraction of sp³-hybridized carbons (Fsp3) is 0. The number of benzene rings is 2. The van der Waals surface area contributed by atoms with Crippen molar-refractivity contribution < 1.29 is 4.42 Å². The maximum atomic E-state index is 6.07. The average Bonchev–Trinajstić information content (AvgIpc) is 2.77. The summed E-state index contributed by atoms with van der Waals surface area (Å²) in [5.74, 6) is 0. The van der Waals surface area contributed by atoms with Gasteiger partial charge in [-0.3, -0.25) is 0 Å². The lowest BCUT2D eigenvalue weighted by atomic mass is 10.3. The first-order chi connectivity index (χ1) is 9.13. The molecule has 1 heterocycles. The van der Waals surface area contributed by atoms with Gasteiger partial charge in [-0.2, -0.15) is 4.98 Å². The molecule has 1 aromatic heterocycles. The molecule has 0 atom stereocenters. The maximum Gasteiger partial charge on any atom is 0.300 e. The largest absolute Gasteiger partial charge is 0.423 e. The quantitative estimate of drug-likeness (QED) is 0.685. The highest BCUT2D eigenvalue weighted by Crippen LogP contribution is 2.30. The monoisotopic (exact) mass is 293 g/mol. The van der Waals surface area contributed by atoms with Crippen LogP contribution < -0.4 is 11.1 Å². The van der Waals surface area contributed by atoms with Gasteiger partial charge in [0.2, 0.25) is 0 Å². The van der Waals surface area contributed by atoms with Crippen molar-refractivity contribution in [1.82, 2.24) is 4.98 Å². The number of nitrogens with zero attached hydrogens (tertiary/aromatic N) is 1. The molecule has 0 amide bonds. The fourth-order valence-corrected chi connectivity index (χ4v) is 2.19. The molecule has 3 aromatic rings. The van der Waals surface area contributed by atoms with E-state index in [4.69, 9.17) is 33.4 Å². The second kappa shape index (κ2) is 4.64. The van der Waals surface area contributed by atoms with Crippen molar-refractivity contribution in [3.63, 3.8) is 0 Å². The van der Waals surface area contributed by atoms with Gasteiger partial charge < -0.3 is 15.5 Å². The lowest BCUT2D eigenvalue weighted by Gasteiger charge is -2.03. The first kappa shape index (κ1) is 12.1. The number of para-hydroxylation sites is 1. The number of fused-ring (bicyclic) bond motifs is 1. The summed E-state index contributed by atoms with van der Waals surface area (Å²) >= 11 is 11.9. The Morgan fingerprint density at radius 3 is 2.74 bits per heavy atom. The number of hydrogen-bond donors (Lipinski definition) is 2. The molecule has 4 nitrogen and oxygen atoms in total. The van der Waals surface area contributed by atoms with Gasteiger partial charge in [-0.1, -0.05) is 29.3 Å². The van der Waals surface area contributed by atoms with Gasteiger partial charge in [-0.15, -0.1) is 0 Å². The third-order valence-electron chi connectivity index (χ3n) is 2.62. The van der Waals surface area contributed by atoms with Crippen LogP contribution in [0.25, 0.3) is 11.1 Å². The van der Waals surface area contributed by atoms with E-state index in [9.17, 15) is 0 Å². The molecule has 0 radical (unpaired) electrons. The molecule has 0 spiro atoms. The number of hydrogen-bond acceptors (Lipinski definition) is 4. The van der Waals surface area contributed by atoms with E-state index in [2.05, 4.69) is 10.3 Å².